The molecule has 0 spiro atoms. The van der Waals surface area contributed by atoms with Crippen molar-refractivity contribution in [2.24, 2.45) is 10.7 Å². The summed E-state index contributed by atoms with van der Waals surface area (Å²) in [5.41, 5.74) is 7.91. The fourth-order valence-corrected chi connectivity index (χ4v) is 2.81. The SMILES string of the molecule is Cc1cccc(C2=NC(c3nc(C4OC(C)O4)c(CCN)o3)CO2)n1. The number of nitrogens with two attached hydrogens (primary N) is 1. The molecule has 0 amide bonds. The second kappa shape index (κ2) is 6.55. The molecule has 8 heteroatoms. The van der Waals surface area contributed by atoms with Crippen molar-refractivity contribution in [2.75, 3.05) is 13.2 Å². The van der Waals surface area contributed by atoms with Gasteiger partial charge in [-0.2, -0.15) is 0 Å². The van der Waals surface area contributed by atoms with E-state index in [9.17, 15) is 0 Å². The highest BCUT2D eigenvalue weighted by Crippen LogP contribution is 2.35. The Morgan fingerprint density at radius 3 is 2.80 bits per heavy atom. The molecule has 2 aromatic rings. The number of aromatic nitrogens is 2. The smallest absolute Gasteiger partial charge is 0.236 e. The van der Waals surface area contributed by atoms with Crippen LogP contribution in [-0.4, -0.2) is 35.3 Å². The first-order valence-corrected chi connectivity index (χ1v) is 8.29. The van der Waals surface area contributed by atoms with Gasteiger partial charge in [-0.05, 0) is 32.5 Å². The normalized spacial score (nSPS) is 25.4. The van der Waals surface area contributed by atoms with E-state index in [0.29, 0.717) is 48.5 Å². The molecule has 0 bridgehead atoms. The number of hydrogen-bond donors (Lipinski definition) is 1. The van der Waals surface area contributed by atoms with E-state index in [1.54, 1.807) is 0 Å². The first kappa shape index (κ1) is 16.2. The first-order valence-electron chi connectivity index (χ1n) is 8.29. The maximum Gasteiger partial charge on any atom is 0.236 e. The molecule has 8 nitrogen and oxygen atoms in total. The van der Waals surface area contributed by atoms with Crippen molar-refractivity contribution >= 4 is 5.90 Å². The lowest BCUT2D eigenvalue weighted by Crippen LogP contribution is -2.32. The number of pyridine rings is 1. The molecule has 4 rings (SSSR count). The number of rotatable bonds is 5. The van der Waals surface area contributed by atoms with Crippen molar-refractivity contribution in [1.29, 1.82) is 0 Å². The van der Waals surface area contributed by atoms with Gasteiger partial charge < -0.3 is 24.4 Å². The quantitative estimate of drug-likeness (QED) is 0.881. The minimum atomic E-state index is -0.502. The van der Waals surface area contributed by atoms with E-state index in [1.807, 2.05) is 32.0 Å². The van der Waals surface area contributed by atoms with Crippen LogP contribution in [0.2, 0.25) is 0 Å². The molecular weight excluding hydrogens is 324 g/mol. The Morgan fingerprint density at radius 1 is 1.24 bits per heavy atom. The average molecular weight is 344 g/mol. The van der Waals surface area contributed by atoms with Crippen LogP contribution in [0.15, 0.2) is 27.6 Å². The Balaban J connectivity index is 1.58. The molecule has 1 unspecified atom stereocenters. The van der Waals surface area contributed by atoms with E-state index in [0.717, 1.165) is 5.69 Å². The molecule has 2 aliphatic rings. The first-order chi connectivity index (χ1) is 12.1. The van der Waals surface area contributed by atoms with Crippen LogP contribution in [0.1, 0.15) is 48.0 Å². The summed E-state index contributed by atoms with van der Waals surface area (Å²) >= 11 is 0. The van der Waals surface area contributed by atoms with Gasteiger partial charge in [0, 0.05) is 12.1 Å². The highest BCUT2D eigenvalue weighted by Gasteiger charge is 2.36. The number of ether oxygens (including phenoxy) is 3. The molecule has 0 aromatic carbocycles. The highest BCUT2D eigenvalue weighted by atomic mass is 16.9. The summed E-state index contributed by atoms with van der Waals surface area (Å²) < 4.78 is 22.6. The zero-order chi connectivity index (χ0) is 17.4. The number of nitrogens with zero attached hydrogens (tertiary/aromatic N) is 3. The third-order valence-electron chi connectivity index (χ3n) is 4.01. The van der Waals surface area contributed by atoms with E-state index in [4.69, 9.17) is 24.4 Å². The van der Waals surface area contributed by atoms with Crippen LogP contribution < -0.4 is 5.73 Å². The van der Waals surface area contributed by atoms with E-state index >= 15 is 0 Å². The molecule has 132 valence electrons. The monoisotopic (exact) mass is 344 g/mol. The molecule has 0 aliphatic carbocycles. The standard InChI is InChI=1S/C17H20N4O4/c1-9-4-3-5-11(19-9)15-20-12(8-22-15)16-21-14(13(25-16)6-7-18)17-23-10(2)24-17/h3-5,10,12,17H,6-8,18H2,1-2H3. The number of hydrogen-bond acceptors (Lipinski definition) is 8. The van der Waals surface area contributed by atoms with Crippen LogP contribution in [0.5, 0.6) is 0 Å². The molecule has 0 saturated carbocycles. The van der Waals surface area contributed by atoms with Crippen molar-refractivity contribution in [1.82, 2.24) is 9.97 Å². The maximum atomic E-state index is 5.88. The number of aryl methyl sites for hydroxylation is 1. The number of oxazole rings is 1. The van der Waals surface area contributed by atoms with Crippen molar-refractivity contribution in [3.8, 4) is 0 Å². The Morgan fingerprint density at radius 2 is 2.08 bits per heavy atom. The van der Waals surface area contributed by atoms with Gasteiger partial charge >= 0.3 is 0 Å². The lowest BCUT2D eigenvalue weighted by molar-refractivity contribution is -0.384. The Hall–Kier alpha value is -2.29. The van der Waals surface area contributed by atoms with Gasteiger partial charge in [0.05, 0.1) is 0 Å². The van der Waals surface area contributed by atoms with Crippen molar-refractivity contribution in [3.63, 3.8) is 0 Å². The largest absolute Gasteiger partial charge is 0.474 e. The lowest BCUT2D eigenvalue weighted by Gasteiger charge is -2.32. The summed E-state index contributed by atoms with van der Waals surface area (Å²) in [5.74, 6) is 1.65. The number of aliphatic imine (C=N–C) groups is 1. The predicted molar refractivity (Wildman–Crippen MR) is 87.8 cm³/mol. The Labute approximate surface area is 145 Å². The summed E-state index contributed by atoms with van der Waals surface area (Å²) in [4.78, 5) is 13.5. The Bertz CT molecular complexity index is 798. The fourth-order valence-electron chi connectivity index (χ4n) is 2.81. The van der Waals surface area contributed by atoms with E-state index in [-0.39, 0.29) is 12.3 Å². The lowest BCUT2D eigenvalue weighted by atomic mass is 10.2. The molecule has 1 fully saturated rings. The van der Waals surface area contributed by atoms with Gasteiger partial charge in [-0.3, -0.25) is 0 Å². The molecule has 25 heavy (non-hydrogen) atoms. The van der Waals surface area contributed by atoms with Gasteiger partial charge in [0.25, 0.3) is 0 Å². The van der Waals surface area contributed by atoms with Crippen LogP contribution in [-0.2, 0) is 20.6 Å². The molecule has 4 heterocycles. The van der Waals surface area contributed by atoms with Gasteiger partial charge in [0.15, 0.2) is 12.3 Å². The average Bonchev–Trinajstić information content (AvgIpc) is 3.19. The summed E-state index contributed by atoms with van der Waals surface area (Å²) in [6, 6.07) is 5.40. The van der Waals surface area contributed by atoms with Gasteiger partial charge in [0.2, 0.25) is 18.1 Å². The van der Waals surface area contributed by atoms with Crippen LogP contribution >= 0.6 is 0 Å². The van der Waals surface area contributed by atoms with E-state index in [2.05, 4.69) is 15.0 Å². The topological polar surface area (TPSA) is 105 Å². The predicted octanol–water partition coefficient (Wildman–Crippen LogP) is 1.79. The Kier molecular flexibility index (Phi) is 4.24. The van der Waals surface area contributed by atoms with Crippen molar-refractivity contribution < 1.29 is 18.6 Å². The fraction of sp³-hybridized carbons (Fsp3) is 0.471. The van der Waals surface area contributed by atoms with E-state index < -0.39 is 6.29 Å². The molecule has 1 saturated heterocycles. The molecule has 2 N–H and O–H groups in total. The molecule has 2 aromatic heterocycles. The van der Waals surface area contributed by atoms with Crippen LogP contribution in [0, 0.1) is 6.92 Å². The van der Waals surface area contributed by atoms with Crippen LogP contribution in [0.3, 0.4) is 0 Å². The maximum absolute atomic E-state index is 5.88. The summed E-state index contributed by atoms with van der Waals surface area (Å²) in [6.07, 6.45) is -0.176. The van der Waals surface area contributed by atoms with Gasteiger partial charge in [0.1, 0.15) is 23.8 Å². The third-order valence-corrected chi connectivity index (χ3v) is 4.01. The molecule has 1 atom stereocenters. The zero-order valence-corrected chi connectivity index (χ0v) is 14.1. The second-order valence-electron chi connectivity index (χ2n) is 6.00. The highest BCUT2D eigenvalue weighted by molar-refractivity contribution is 5.93. The zero-order valence-electron chi connectivity index (χ0n) is 14.1. The van der Waals surface area contributed by atoms with Crippen LogP contribution in [0.25, 0.3) is 0 Å². The molecule has 0 radical (unpaired) electrons. The van der Waals surface area contributed by atoms with E-state index in [1.165, 1.54) is 0 Å². The molecular formula is C17H20N4O4. The molecule has 2 aliphatic heterocycles. The van der Waals surface area contributed by atoms with Gasteiger partial charge in [-0.25, -0.2) is 15.0 Å². The second-order valence-corrected chi connectivity index (χ2v) is 6.00. The summed E-state index contributed by atoms with van der Waals surface area (Å²) in [6.45, 7) is 4.56. The van der Waals surface area contributed by atoms with Crippen LogP contribution in [0.4, 0.5) is 0 Å². The van der Waals surface area contributed by atoms with Crippen molar-refractivity contribution in [3.05, 3.63) is 46.9 Å². The minimum absolute atomic E-state index is 0.234. The van der Waals surface area contributed by atoms with Crippen molar-refractivity contribution in [2.45, 2.75) is 38.9 Å². The summed E-state index contributed by atoms with van der Waals surface area (Å²) in [7, 11) is 0. The third kappa shape index (κ3) is 3.15. The van der Waals surface area contributed by atoms with Gasteiger partial charge in [-0.1, -0.05) is 6.07 Å². The summed E-state index contributed by atoms with van der Waals surface area (Å²) in [5, 5.41) is 0. The van der Waals surface area contributed by atoms with Gasteiger partial charge in [-0.15, -0.1) is 0 Å². The minimum Gasteiger partial charge on any atom is -0.474 e.